The minimum atomic E-state index is -0.839. The molecule has 0 unspecified atom stereocenters. The van der Waals surface area contributed by atoms with Crippen LogP contribution < -0.4 is 0 Å². The molecule has 19 heavy (non-hydrogen) atoms. The summed E-state index contributed by atoms with van der Waals surface area (Å²) >= 11 is -0.839. The second kappa shape index (κ2) is 16.3. The van der Waals surface area contributed by atoms with E-state index in [0.29, 0.717) is 0 Å². The van der Waals surface area contributed by atoms with Crippen LogP contribution in [0.4, 0.5) is 0 Å². The summed E-state index contributed by atoms with van der Waals surface area (Å²) in [5.41, 5.74) is 0. The van der Waals surface area contributed by atoms with Gasteiger partial charge in [0.15, 0.2) is 0 Å². The SMILES string of the molecule is CC(C)C(=O)O.CCC[CH2][Sn]([CH2]CCC)[CH2]CCC. The second-order valence-corrected chi connectivity index (χ2v) is 14.1. The van der Waals surface area contributed by atoms with Crippen molar-refractivity contribution < 1.29 is 9.90 Å². The van der Waals surface area contributed by atoms with E-state index in [0.717, 1.165) is 0 Å². The monoisotopic (exact) mass is 379 g/mol. The van der Waals surface area contributed by atoms with Gasteiger partial charge in [0.25, 0.3) is 0 Å². The normalized spacial score (nSPS) is 10.5. The van der Waals surface area contributed by atoms with Crippen molar-refractivity contribution in [3.05, 3.63) is 0 Å². The molecule has 1 N–H and O–H groups in total. The number of rotatable bonds is 10. The zero-order valence-corrected chi connectivity index (χ0v) is 16.7. The fourth-order valence-electron chi connectivity index (χ4n) is 1.66. The molecule has 0 aromatic rings. The van der Waals surface area contributed by atoms with Crippen LogP contribution in [0.25, 0.3) is 0 Å². The maximum absolute atomic E-state index is 9.70. The summed E-state index contributed by atoms with van der Waals surface area (Å²) in [7, 11) is 0. The van der Waals surface area contributed by atoms with Crippen LogP contribution in [0.3, 0.4) is 0 Å². The molecular weight excluding hydrogens is 343 g/mol. The summed E-state index contributed by atoms with van der Waals surface area (Å²) in [5.74, 6) is -0.972. The summed E-state index contributed by atoms with van der Waals surface area (Å²) in [6.45, 7) is 10.3. The number of aliphatic carboxylic acids is 1. The number of unbranched alkanes of at least 4 members (excludes halogenated alkanes) is 3. The molecule has 0 rings (SSSR count). The van der Waals surface area contributed by atoms with Crippen molar-refractivity contribution >= 4 is 25.7 Å². The van der Waals surface area contributed by atoms with Gasteiger partial charge in [-0.2, -0.15) is 0 Å². The molecular formula is C16H35O2Sn. The van der Waals surface area contributed by atoms with Crippen LogP contribution in [0.1, 0.15) is 73.1 Å². The van der Waals surface area contributed by atoms with Gasteiger partial charge in [0, 0.05) is 0 Å². The Morgan fingerprint density at radius 3 is 1.32 bits per heavy atom. The van der Waals surface area contributed by atoms with Gasteiger partial charge in [0.2, 0.25) is 0 Å². The van der Waals surface area contributed by atoms with Crippen LogP contribution in [0.5, 0.6) is 0 Å². The third-order valence-corrected chi connectivity index (χ3v) is 12.2. The molecule has 3 heteroatoms. The van der Waals surface area contributed by atoms with Crippen LogP contribution in [-0.4, -0.2) is 30.8 Å². The molecule has 0 aliphatic heterocycles. The number of carboxylic acid groups (broad SMARTS) is 1. The van der Waals surface area contributed by atoms with Gasteiger partial charge in [-0.1, -0.05) is 13.8 Å². The van der Waals surface area contributed by atoms with Crippen molar-refractivity contribution in [3.63, 3.8) is 0 Å². The average Bonchev–Trinajstić information content (AvgIpc) is 2.38. The number of carbonyl (C=O) groups is 1. The average molecular weight is 378 g/mol. The van der Waals surface area contributed by atoms with E-state index in [-0.39, 0.29) is 5.92 Å². The summed E-state index contributed by atoms with van der Waals surface area (Å²) in [6.07, 6.45) is 8.85. The summed E-state index contributed by atoms with van der Waals surface area (Å²) in [6, 6.07) is 0. The van der Waals surface area contributed by atoms with E-state index in [9.17, 15) is 4.79 Å². The van der Waals surface area contributed by atoms with Crippen LogP contribution in [0.15, 0.2) is 0 Å². The van der Waals surface area contributed by atoms with Gasteiger partial charge >= 0.3 is 98.3 Å². The molecule has 115 valence electrons. The van der Waals surface area contributed by atoms with E-state index in [4.69, 9.17) is 5.11 Å². The van der Waals surface area contributed by atoms with Gasteiger partial charge in [0.1, 0.15) is 0 Å². The molecule has 0 amide bonds. The Balaban J connectivity index is 0. The molecule has 0 aromatic carbocycles. The fraction of sp³-hybridized carbons (Fsp3) is 0.938. The first kappa shape index (κ1) is 21.6. The minimum absolute atomic E-state index is 0.231. The van der Waals surface area contributed by atoms with Crippen molar-refractivity contribution in [2.24, 2.45) is 5.92 Å². The number of hydrogen-bond acceptors (Lipinski definition) is 1. The fourth-order valence-corrected chi connectivity index (χ4v) is 11.1. The van der Waals surface area contributed by atoms with E-state index in [2.05, 4.69) is 20.8 Å². The molecule has 0 atom stereocenters. The number of carboxylic acids is 1. The Kier molecular flexibility index (Phi) is 18.5. The van der Waals surface area contributed by atoms with E-state index in [1.165, 1.54) is 38.5 Å². The zero-order valence-electron chi connectivity index (χ0n) is 13.8. The summed E-state index contributed by atoms with van der Waals surface area (Å²) in [4.78, 5) is 9.70. The molecule has 0 saturated carbocycles. The Morgan fingerprint density at radius 2 is 1.16 bits per heavy atom. The second-order valence-electron chi connectivity index (χ2n) is 5.55. The topological polar surface area (TPSA) is 37.3 Å². The third kappa shape index (κ3) is 18.3. The van der Waals surface area contributed by atoms with Crippen LogP contribution in [0.2, 0.25) is 13.3 Å². The predicted octanol–water partition coefficient (Wildman–Crippen LogP) is 5.61. The zero-order chi connectivity index (χ0) is 15.1. The van der Waals surface area contributed by atoms with Crippen molar-refractivity contribution in [3.8, 4) is 0 Å². The van der Waals surface area contributed by atoms with E-state index < -0.39 is 25.7 Å². The van der Waals surface area contributed by atoms with Gasteiger partial charge < -0.3 is 5.11 Å². The molecule has 0 spiro atoms. The van der Waals surface area contributed by atoms with Gasteiger partial charge in [0.05, 0.1) is 5.92 Å². The Labute approximate surface area is 128 Å². The quantitative estimate of drug-likeness (QED) is 0.502. The van der Waals surface area contributed by atoms with E-state index in [1.54, 1.807) is 27.2 Å². The standard InChI is InChI=1S/C4H8O2.3C4H9.Sn/c1-3(2)4(5)6;3*1-3-4-2;/h3H,1-2H3,(H,5,6);3*1,3-4H2,2H3;. The molecule has 2 nitrogen and oxygen atoms in total. The maximum atomic E-state index is 9.70. The van der Waals surface area contributed by atoms with Gasteiger partial charge in [-0.05, 0) is 0 Å². The Bertz CT molecular complexity index is 174. The van der Waals surface area contributed by atoms with Gasteiger partial charge in [-0.25, -0.2) is 0 Å². The molecule has 0 aromatic heterocycles. The molecule has 1 radical (unpaired) electrons. The van der Waals surface area contributed by atoms with Crippen molar-refractivity contribution in [1.82, 2.24) is 0 Å². The first-order valence-corrected chi connectivity index (χ1v) is 14.1. The van der Waals surface area contributed by atoms with Crippen molar-refractivity contribution in [1.29, 1.82) is 0 Å². The first-order chi connectivity index (χ1) is 8.99. The van der Waals surface area contributed by atoms with Crippen LogP contribution in [-0.2, 0) is 4.79 Å². The van der Waals surface area contributed by atoms with Crippen molar-refractivity contribution in [2.45, 2.75) is 86.5 Å². The third-order valence-electron chi connectivity index (χ3n) is 3.15. The number of hydrogen-bond donors (Lipinski definition) is 1. The summed E-state index contributed by atoms with van der Waals surface area (Å²) in [5, 5.41) is 7.99. The molecule has 0 saturated heterocycles. The van der Waals surface area contributed by atoms with Crippen LogP contribution in [0, 0.1) is 5.92 Å². The predicted molar refractivity (Wildman–Crippen MR) is 87.4 cm³/mol. The summed E-state index contributed by atoms with van der Waals surface area (Å²) < 4.78 is 5.04. The molecule has 0 fully saturated rings. The van der Waals surface area contributed by atoms with Crippen molar-refractivity contribution in [2.75, 3.05) is 0 Å². The Hall–Kier alpha value is 0.269. The molecule has 0 aliphatic rings. The molecule has 0 heterocycles. The van der Waals surface area contributed by atoms with Gasteiger partial charge in [-0.15, -0.1) is 0 Å². The van der Waals surface area contributed by atoms with Crippen LogP contribution >= 0.6 is 0 Å². The van der Waals surface area contributed by atoms with Gasteiger partial charge in [-0.3, -0.25) is 4.79 Å². The first-order valence-electron chi connectivity index (χ1n) is 8.05. The van der Waals surface area contributed by atoms with E-state index in [1.807, 2.05) is 0 Å². The molecule has 0 aliphatic carbocycles. The Morgan fingerprint density at radius 1 is 0.895 bits per heavy atom. The van der Waals surface area contributed by atoms with E-state index >= 15 is 0 Å². The molecule has 0 bridgehead atoms.